The minimum atomic E-state index is -0.577. The fraction of sp³-hybridized carbons (Fsp3) is 0.462. The van der Waals surface area contributed by atoms with Crippen LogP contribution in [0.5, 0.6) is 0 Å². The number of amides is 2. The van der Waals surface area contributed by atoms with Crippen molar-refractivity contribution in [2.75, 3.05) is 13.1 Å². The number of rotatable bonds is 3. The van der Waals surface area contributed by atoms with Crippen LogP contribution in [0.25, 0.3) is 0 Å². The van der Waals surface area contributed by atoms with Crippen LogP contribution >= 0.6 is 23.2 Å². The van der Waals surface area contributed by atoms with Gasteiger partial charge in [-0.2, -0.15) is 0 Å². The third-order valence-corrected chi connectivity index (χ3v) is 3.55. The Morgan fingerprint density at radius 2 is 1.80 bits per heavy atom. The molecule has 1 fully saturated rings. The van der Waals surface area contributed by atoms with Gasteiger partial charge in [0.25, 0.3) is 5.91 Å². The van der Waals surface area contributed by atoms with Gasteiger partial charge in [-0.05, 0) is 31.9 Å². The minimum Gasteiger partial charge on any atom is -0.341 e. The van der Waals surface area contributed by atoms with Gasteiger partial charge in [-0.15, -0.1) is 0 Å². The number of pyridine rings is 1. The van der Waals surface area contributed by atoms with Crippen LogP contribution in [0.1, 0.15) is 30.1 Å². The predicted molar refractivity (Wildman–Crippen MR) is 77.0 cm³/mol. The molecule has 0 bridgehead atoms. The van der Waals surface area contributed by atoms with E-state index < -0.39 is 11.9 Å². The van der Waals surface area contributed by atoms with E-state index in [0.717, 1.165) is 25.9 Å². The van der Waals surface area contributed by atoms with E-state index in [1.807, 2.05) is 0 Å². The highest BCUT2D eigenvalue weighted by Gasteiger charge is 2.24. The quantitative estimate of drug-likeness (QED) is 0.869. The second-order valence-electron chi connectivity index (χ2n) is 4.73. The number of aromatic nitrogens is 1. The molecule has 20 heavy (non-hydrogen) atoms. The van der Waals surface area contributed by atoms with E-state index in [1.54, 1.807) is 11.8 Å². The summed E-state index contributed by atoms with van der Waals surface area (Å²) in [5, 5.41) is 2.93. The second-order valence-corrected chi connectivity index (χ2v) is 5.50. The molecule has 0 radical (unpaired) electrons. The molecular weight excluding hydrogens is 301 g/mol. The molecule has 1 aromatic heterocycles. The average Bonchev–Trinajstić information content (AvgIpc) is 2.90. The van der Waals surface area contributed by atoms with Crippen molar-refractivity contribution >= 4 is 35.0 Å². The van der Waals surface area contributed by atoms with Crippen LogP contribution in [0.2, 0.25) is 10.3 Å². The first-order valence-corrected chi connectivity index (χ1v) is 7.15. The standard InChI is InChI=1S/C13H15Cl2N3O2/c1-8(13(20)18-4-2-3-5-18)16-12(19)9-6-10(14)17-11(15)7-9/h6-8H,2-5H2,1H3,(H,16,19). The van der Waals surface area contributed by atoms with Crippen LogP contribution in [0, 0.1) is 0 Å². The maximum absolute atomic E-state index is 12.1. The predicted octanol–water partition coefficient (Wildman–Crippen LogP) is 2.13. The van der Waals surface area contributed by atoms with Gasteiger partial charge in [0.05, 0.1) is 0 Å². The van der Waals surface area contributed by atoms with E-state index in [2.05, 4.69) is 10.3 Å². The van der Waals surface area contributed by atoms with E-state index >= 15 is 0 Å². The molecule has 2 heterocycles. The number of halogens is 2. The van der Waals surface area contributed by atoms with Crippen molar-refractivity contribution in [1.29, 1.82) is 0 Å². The maximum Gasteiger partial charge on any atom is 0.252 e. The lowest BCUT2D eigenvalue weighted by atomic mass is 10.2. The van der Waals surface area contributed by atoms with Crippen LogP contribution in [0.3, 0.4) is 0 Å². The highest BCUT2D eigenvalue weighted by atomic mass is 35.5. The Hall–Kier alpha value is -1.33. The number of carbonyl (C=O) groups excluding carboxylic acids is 2. The van der Waals surface area contributed by atoms with Gasteiger partial charge < -0.3 is 10.2 Å². The van der Waals surface area contributed by atoms with Gasteiger partial charge in [-0.1, -0.05) is 23.2 Å². The van der Waals surface area contributed by atoms with E-state index in [9.17, 15) is 9.59 Å². The first-order chi connectivity index (χ1) is 9.47. The molecule has 1 atom stereocenters. The van der Waals surface area contributed by atoms with E-state index in [1.165, 1.54) is 12.1 Å². The molecule has 0 saturated carbocycles. The van der Waals surface area contributed by atoms with Gasteiger partial charge in [0.15, 0.2) is 0 Å². The van der Waals surface area contributed by atoms with Crippen molar-refractivity contribution < 1.29 is 9.59 Å². The van der Waals surface area contributed by atoms with Gasteiger partial charge in [0, 0.05) is 18.7 Å². The molecule has 108 valence electrons. The fourth-order valence-corrected chi connectivity index (χ4v) is 2.61. The molecule has 2 amide bonds. The van der Waals surface area contributed by atoms with Crippen LogP contribution < -0.4 is 5.32 Å². The average molecular weight is 316 g/mol. The van der Waals surface area contributed by atoms with Crippen molar-refractivity contribution in [2.45, 2.75) is 25.8 Å². The maximum atomic E-state index is 12.1. The number of likely N-dealkylation sites (tertiary alicyclic amines) is 1. The van der Waals surface area contributed by atoms with Crippen LogP contribution in [-0.2, 0) is 4.79 Å². The molecule has 0 spiro atoms. The van der Waals surface area contributed by atoms with Crippen LogP contribution in [-0.4, -0.2) is 40.8 Å². The Labute approximate surface area is 127 Å². The number of nitrogens with one attached hydrogen (secondary N) is 1. The van der Waals surface area contributed by atoms with Crippen molar-refractivity contribution in [3.8, 4) is 0 Å². The summed E-state index contributed by atoms with van der Waals surface area (Å²) in [5.41, 5.74) is 0.288. The van der Waals surface area contributed by atoms with Crippen molar-refractivity contribution in [1.82, 2.24) is 15.2 Å². The van der Waals surface area contributed by atoms with Crippen molar-refractivity contribution in [3.05, 3.63) is 28.0 Å². The summed E-state index contributed by atoms with van der Waals surface area (Å²) in [4.78, 5) is 29.7. The highest BCUT2D eigenvalue weighted by molar-refractivity contribution is 6.33. The minimum absolute atomic E-state index is 0.0675. The molecule has 1 saturated heterocycles. The highest BCUT2D eigenvalue weighted by Crippen LogP contribution is 2.15. The molecule has 1 N–H and O–H groups in total. The summed E-state index contributed by atoms with van der Waals surface area (Å²) >= 11 is 11.5. The summed E-state index contributed by atoms with van der Waals surface area (Å²) < 4.78 is 0. The van der Waals surface area contributed by atoms with Gasteiger partial charge in [-0.3, -0.25) is 9.59 Å². The zero-order valence-corrected chi connectivity index (χ0v) is 12.5. The van der Waals surface area contributed by atoms with E-state index in [4.69, 9.17) is 23.2 Å². The van der Waals surface area contributed by atoms with E-state index in [0.29, 0.717) is 0 Å². The summed E-state index contributed by atoms with van der Waals surface area (Å²) in [6.07, 6.45) is 2.03. The molecule has 1 aliphatic heterocycles. The van der Waals surface area contributed by atoms with Crippen molar-refractivity contribution in [2.24, 2.45) is 0 Å². The molecule has 2 rings (SSSR count). The molecule has 1 aromatic rings. The first-order valence-electron chi connectivity index (χ1n) is 6.40. The van der Waals surface area contributed by atoms with Gasteiger partial charge in [-0.25, -0.2) is 4.98 Å². The van der Waals surface area contributed by atoms with E-state index in [-0.39, 0.29) is 21.8 Å². The molecule has 1 unspecified atom stereocenters. The monoisotopic (exact) mass is 315 g/mol. The summed E-state index contributed by atoms with van der Waals surface area (Å²) in [6, 6.07) is 2.25. The smallest absolute Gasteiger partial charge is 0.252 e. The zero-order chi connectivity index (χ0) is 14.7. The fourth-order valence-electron chi connectivity index (χ4n) is 2.15. The summed E-state index contributed by atoms with van der Waals surface area (Å²) in [5.74, 6) is -0.460. The molecule has 0 aromatic carbocycles. The Kier molecular flexibility index (Phi) is 4.83. The third kappa shape index (κ3) is 3.61. The first kappa shape index (κ1) is 15.1. The van der Waals surface area contributed by atoms with Gasteiger partial charge in [0.2, 0.25) is 5.91 Å². The van der Waals surface area contributed by atoms with Crippen LogP contribution in [0.4, 0.5) is 0 Å². The molecule has 0 aliphatic carbocycles. The lowest BCUT2D eigenvalue weighted by Gasteiger charge is -2.21. The zero-order valence-electron chi connectivity index (χ0n) is 11.0. The molecule has 1 aliphatic rings. The lowest BCUT2D eigenvalue weighted by Crippen LogP contribution is -2.45. The molecule has 7 heteroatoms. The Balaban J connectivity index is 2.01. The second kappa shape index (κ2) is 6.41. The number of hydrogen-bond acceptors (Lipinski definition) is 3. The van der Waals surface area contributed by atoms with Gasteiger partial charge >= 0.3 is 0 Å². The number of carbonyl (C=O) groups is 2. The Bertz CT molecular complexity index is 510. The lowest BCUT2D eigenvalue weighted by molar-refractivity contribution is -0.131. The Morgan fingerprint density at radius 3 is 2.35 bits per heavy atom. The topological polar surface area (TPSA) is 62.3 Å². The normalized spacial score (nSPS) is 16.1. The number of nitrogens with zero attached hydrogens (tertiary/aromatic N) is 2. The molecule has 5 nitrogen and oxygen atoms in total. The largest absolute Gasteiger partial charge is 0.341 e. The summed E-state index contributed by atoms with van der Waals surface area (Å²) in [7, 11) is 0. The van der Waals surface area contributed by atoms with Crippen LogP contribution in [0.15, 0.2) is 12.1 Å². The third-order valence-electron chi connectivity index (χ3n) is 3.16. The number of hydrogen-bond donors (Lipinski definition) is 1. The summed E-state index contributed by atoms with van der Waals surface area (Å²) in [6.45, 7) is 3.18. The van der Waals surface area contributed by atoms with Crippen molar-refractivity contribution in [3.63, 3.8) is 0 Å². The Morgan fingerprint density at radius 1 is 1.25 bits per heavy atom. The van der Waals surface area contributed by atoms with Gasteiger partial charge in [0.1, 0.15) is 16.3 Å². The SMILES string of the molecule is CC(NC(=O)c1cc(Cl)nc(Cl)c1)C(=O)N1CCCC1. The molecular formula is C13H15Cl2N3O2.